The standard InChI is InChI=1S/C23H27N3O2S/c1-3-11-23(12-4-2)15-19-26(21(27)17(24)10-14-29-19)20(23)22(28)25-13-9-16-7-5-6-8-18(16)25/h3-9,13,17,19-20H,1-2,10-12,14-15,24H2/t17-,19-,20?/m0/s1. The van der Waals surface area contributed by atoms with Gasteiger partial charge in [0.2, 0.25) is 5.91 Å². The van der Waals surface area contributed by atoms with Crippen molar-refractivity contribution in [2.75, 3.05) is 5.75 Å². The average Bonchev–Trinajstić information content (AvgIpc) is 3.23. The molecule has 5 nitrogen and oxygen atoms in total. The van der Waals surface area contributed by atoms with Crippen LogP contribution < -0.4 is 5.73 Å². The maximum absolute atomic E-state index is 14.0. The first kappa shape index (κ1) is 20.0. The van der Waals surface area contributed by atoms with Crippen molar-refractivity contribution in [1.29, 1.82) is 0 Å². The Morgan fingerprint density at radius 2 is 1.97 bits per heavy atom. The Morgan fingerprint density at radius 1 is 1.24 bits per heavy atom. The molecule has 2 aromatic rings. The monoisotopic (exact) mass is 409 g/mol. The predicted octanol–water partition coefficient (Wildman–Crippen LogP) is 3.81. The van der Waals surface area contributed by atoms with Crippen LogP contribution in [0.2, 0.25) is 0 Å². The van der Waals surface area contributed by atoms with Gasteiger partial charge in [-0.3, -0.25) is 14.2 Å². The fraction of sp³-hybridized carbons (Fsp3) is 0.391. The number of allylic oxidation sites excluding steroid dienone is 2. The molecule has 3 atom stereocenters. The zero-order valence-electron chi connectivity index (χ0n) is 16.5. The molecular weight excluding hydrogens is 382 g/mol. The van der Waals surface area contributed by atoms with Crippen LogP contribution in [0.3, 0.4) is 0 Å². The Morgan fingerprint density at radius 3 is 2.69 bits per heavy atom. The van der Waals surface area contributed by atoms with Gasteiger partial charge in [-0.1, -0.05) is 30.4 Å². The lowest BCUT2D eigenvalue weighted by Crippen LogP contribution is -2.54. The highest BCUT2D eigenvalue weighted by Gasteiger charge is 2.57. The van der Waals surface area contributed by atoms with E-state index >= 15 is 0 Å². The second kappa shape index (κ2) is 7.84. The van der Waals surface area contributed by atoms with Crippen molar-refractivity contribution in [3.05, 3.63) is 61.8 Å². The zero-order valence-corrected chi connectivity index (χ0v) is 17.3. The molecule has 1 aromatic heterocycles. The second-order valence-corrected chi connectivity index (χ2v) is 9.29. The Kier molecular flexibility index (Phi) is 5.40. The lowest BCUT2D eigenvalue weighted by Gasteiger charge is -2.36. The topological polar surface area (TPSA) is 68.3 Å². The van der Waals surface area contributed by atoms with Crippen LogP contribution in [-0.2, 0) is 4.79 Å². The number of carbonyl (C=O) groups excluding carboxylic acids is 2. The number of nitrogens with two attached hydrogens (primary N) is 1. The summed E-state index contributed by atoms with van der Waals surface area (Å²) in [5.74, 6) is 0.616. The fourth-order valence-electron chi connectivity index (χ4n) is 4.91. The molecular formula is C23H27N3O2S. The first-order valence-electron chi connectivity index (χ1n) is 10.0. The number of rotatable bonds is 5. The van der Waals surface area contributed by atoms with E-state index < -0.39 is 17.5 Å². The minimum Gasteiger partial charge on any atom is -0.320 e. The van der Waals surface area contributed by atoms with E-state index in [1.54, 1.807) is 21.2 Å². The molecule has 0 radical (unpaired) electrons. The number of aromatic nitrogens is 1. The summed E-state index contributed by atoms with van der Waals surface area (Å²) < 4.78 is 1.69. The van der Waals surface area contributed by atoms with Crippen LogP contribution in [-0.4, -0.2) is 44.5 Å². The quantitative estimate of drug-likeness (QED) is 0.763. The highest BCUT2D eigenvalue weighted by molar-refractivity contribution is 7.99. The number of thioether (sulfide) groups is 1. The van der Waals surface area contributed by atoms with E-state index in [1.807, 2.05) is 48.7 Å². The fourth-order valence-corrected chi connectivity index (χ4v) is 6.41. The van der Waals surface area contributed by atoms with E-state index in [0.29, 0.717) is 19.3 Å². The van der Waals surface area contributed by atoms with Crippen LogP contribution >= 0.6 is 11.8 Å². The first-order valence-corrected chi connectivity index (χ1v) is 11.1. The van der Waals surface area contributed by atoms with E-state index in [0.717, 1.165) is 23.1 Å². The van der Waals surface area contributed by atoms with Gasteiger partial charge in [-0.25, -0.2) is 0 Å². The molecule has 6 heteroatoms. The normalized spacial score (nSPS) is 26.2. The van der Waals surface area contributed by atoms with Gasteiger partial charge in [0.1, 0.15) is 6.04 Å². The summed E-state index contributed by atoms with van der Waals surface area (Å²) in [6, 6.07) is 8.58. The van der Waals surface area contributed by atoms with Crippen molar-refractivity contribution < 1.29 is 9.59 Å². The van der Waals surface area contributed by atoms with Crippen molar-refractivity contribution in [2.24, 2.45) is 11.1 Å². The largest absolute Gasteiger partial charge is 0.320 e. The number of carbonyl (C=O) groups is 2. The van der Waals surface area contributed by atoms with Crippen LogP contribution in [0, 0.1) is 5.41 Å². The van der Waals surface area contributed by atoms with Gasteiger partial charge in [-0.05, 0) is 43.6 Å². The maximum Gasteiger partial charge on any atom is 0.254 e. The Labute approximate surface area is 175 Å². The summed E-state index contributed by atoms with van der Waals surface area (Å²) in [6.07, 6.45) is 8.19. The maximum atomic E-state index is 14.0. The van der Waals surface area contributed by atoms with Crippen LogP contribution in [0.25, 0.3) is 10.9 Å². The van der Waals surface area contributed by atoms with Gasteiger partial charge >= 0.3 is 0 Å². The van der Waals surface area contributed by atoms with Crippen molar-refractivity contribution in [3.63, 3.8) is 0 Å². The lowest BCUT2D eigenvalue weighted by atomic mass is 9.74. The molecule has 29 heavy (non-hydrogen) atoms. The average molecular weight is 410 g/mol. The van der Waals surface area contributed by atoms with Crippen LogP contribution in [0.5, 0.6) is 0 Å². The van der Waals surface area contributed by atoms with Crippen LogP contribution in [0.15, 0.2) is 61.8 Å². The molecule has 4 rings (SSSR count). The second-order valence-electron chi connectivity index (χ2n) is 8.00. The van der Waals surface area contributed by atoms with Gasteiger partial charge < -0.3 is 10.6 Å². The first-order chi connectivity index (χ1) is 14.0. The van der Waals surface area contributed by atoms with Crippen molar-refractivity contribution in [1.82, 2.24) is 9.47 Å². The van der Waals surface area contributed by atoms with Crippen molar-refractivity contribution in [3.8, 4) is 0 Å². The predicted molar refractivity (Wildman–Crippen MR) is 119 cm³/mol. The number of hydrogen-bond donors (Lipinski definition) is 1. The third-order valence-corrected chi connectivity index (χ3v) is 7.48. The van der Waals surface area contributed by atoms with Crippen LogP contribution in [0.1, 0.15) is 30.5 Å². The van der Waals surface area contributed by atoms with E-state index in [9.17, 15) is 9.59 Å². The Bertz CT molecular complexity index is 956. The molecule has 1 aromatic carbocycles. The molecule has 2 saturated heterocycles. The molecule has 1 unspecified atom stereocenters. The summed E-state index contributed by atoms with van der Waals surface area (Å²) in [6.45, 7) is 7.88. The molecule has 3 heterocycles. The minimum atomic E-state index is -0.594. The lowest BCUT2D eigenvalue weighted by molar-refractivity contribution is -0.134. The third kappa shape index (κ3) is 3.24. The van der Waals surface area contributed by atoms with Gasteiger partial charge in [0, 0.05) is 17.0 Å². The molecule has 2 fully saturated rings. The highest BCUT2D eigenvalue weighted by Crippen LogP contribution is 2.51. The molecule has 0 bridgehead atoms. The van der Waals surface area contributed by atoms with Gasteiger partial charge in [0.15, 0.2) is 0 Å². The number of nitrogens with zero attached hydrogens (tertiary/aromatic N) is 2. The van der Waals surface area contributed by atoms with E-state index in [2.05, 4.69) is 13.2 Å². The third-order valence-electron chi connectivity index (χ3n) is 6.23. The number of fused-ring (bicyclic) bond motifs is 2. The minimum absolute atomic E-state index is 0.0493. The Hall–Kier alpha value is -2.31. The molecule has 0 saturated carbocycles. The smallest absolute Gasteiger partial charge is 0.254 e. The van der Waals surface area contributed by atoms with E-state index in [4.69, 9.17) is 5.73 Å². The molecule has 2 N–H and O–H groups in total. The molecule has 2 aliphatic rings. The molecule has 0 spiro atoms. The summed E-state index contributed by atoms with van der Waals surface area (Å²) >= 11 is 1.73. The number of amides is 1. The zero-order chi connectivity index (χ0) is 20.6. The molecule has 2 aliphatic heterocycles. The number of benzene rings is 1. The van der Waals surface area contributed by atoms with E-state index in [-0.39, 0.29) is 17.2 Å². The molecule has 1 amide bonds. The summed E-state index contributed by atoms with van der Waals surface area (Å²) in [5, 5.41) is 0.952. The number of para-hydroxylation sites is 1. The summed E-state index contributed by atoms with van der Waals surface area (Å²) in [4.78, 5) is 29.0. The van der Waals surface area contributed by atoms with Gasteiger partial charge in [0.25, 0.3) is 5.91 Å². The van der Waals surface area contributed by atoms with E-state index in [1.165, 1.54) is 0 Å². The molecule has 0 aliphatic carbocycles. The highest BCUT2D eigenvalue weighted by atomic mass is 32.2. The van der Waals surface area contributed by atoms with Gasteiger partial charge in [-0.2, -0.15) is 0 Å². The van der Waals surface area contributed by atoms with Crippen molar-refractivity contribution >= 4 is 34.5 Å². The number of hydrogen-bond acceptors (Lipinski definition) is 4. The van der Waals surface area contributed by atoms with Gasteiger partial charge in [0.05, 0.1) is 16.9 Å². The van der Waals surface area contributed by atoms with Crippen molar-refractivity contribution in [2.45, 2.75) is 43.1 Å². The Balaban J connectivity index is 1.85. The summed E-state index contributed by atoms with van der Waals surface area (Å²) in [5.41, 5.74) is 6.61. The SMILES string of the molecule is C=CCC1(CC=C)C[C@@H]2SCC[C@H](N)C(=O)N2C1C(=O)n1ccc2ccccc21. The van der Waals surface area contributed by atoms with Gasteiger partial charge in [-0.15, -0.1) is 24.9 Å². The van der Waals surface area contributed by atoms with Crippen LogP contribution in [0.4, 0.5) is 0 Å². The summed E-state index contributed by atoms with van der Waals surface area (Å²) in [7, 11) is 0. The molecule has 152 valence electrons.